The standard InChI is InChI=1S/C18H26N2O3/c1-5-6-14-7-9-15(10-8-14)18(4)16(21)20(17(22)19-18)11-12-23-13(2)3/h7-10,13H,5-6,11-12H2,1-4H3,(H,19,22). The zero-order valence-electron chi connectivity index (χ0n) is 14.4. The van der Waals surface area contributed by atoms with Gasteiger partial charge in [0, 0.05) is 0 Å². The van der Waals surface area contributed by atoms with Gasteiger partial charge in [0.25, 0.3) is 5.91 Å². The molecule has 0 aromatic heterocycles. The Balaban J connectivity index is 2.12. The number of ether oxygens (including phenoxy) is 1. The third-order valence-corrected chi connectivity index (χ3v) is 4.11. The maximum Gasteiger partial charge on any atom is 0.325 e. The van der Waals surface area contributed by atoms with Gasteiger partial charge in [-0.25, -0.2) is 4.79 Å². The molecule has 0 spiro atoms. The lowest BCUT2D eigenvalue weighted by Crippen LogP contribution is -2.41. The van der Waals surface area contributed by atoms with E-state index in [4.69, 9.17) is 4.74 Å². The molecule has 1 aliphatic rings. The van der Waals surface area contributed by atoms with Crippen LogP contribution in [-0.2, 0) is 21.5 Å². The van der Waals surface area contributed by atoms with Crippen LogP contribution in [0.5, 0.6) is 0 Å². The predicted octanol–water partition coefficient (Wildman–Crippen LogP) is 2.83. The molecule has 126 valence electrons. The van der Waals surface area contributed by atoms with Gasteiger partial charge < -0.3 is 10.1 Å². The van der Waals surface area contributed by atoms with Crippen molar-refractivity contribution in [1.29, 1.82) is 0 Å². The van der Waals surface area contributed by atoms with Crippen LogP contribution in [-0.4, -0.2) is 36.1 Å². The number of hydrogen-bond acceptors (Lipinski definition) is 3. The Morgan fingerprint density at radius 1 is 1.22 bits per heavy atom. The maximum atomic E-state index is 12.7. The molecule has 1 unspecified atom stereocenters. The fraction of sp³-hybridized carbons (Fsp3) is 0.556. The first-order valence-corrected chi connectivity index (χ1v) is 8.23. The zero-order valence-corrected chi connectivity index (χ0v) is 14.4. The first-order chi connectivity index (χ1) is 10.9. The van der Waals surface area contributed by atoms with Crippen LogP contribution in [0.1, 0.15) is 45.2 Å². The number of amides is 3. The highest BCUT2D eigenvalue weighted by Crippen LogP contribution is 2.29. The van der Waals surface area contributed by atoms with Crippen LogP contribution < -0.4 is 5.32 Å². The molecule has 0 radical (unpaired) electrons. The summed E-state index contributed by atoms with van der Waals surface area (Å²) in [5.41, 5.74) is 1.04. The maximum absolute atomic E-state index is 12.7. The van der Waals surface area contributed by atoms with Crippen molar-refractivity contribution in [3.8, 4) is 0 Å². The van der Waals surface area contributed by atoms with Crippen LogP contribution >= 0.6 is 0 Å². The molecule has 1 saturated heterocycles. The van der Waals surface area contributed by atoms with Crippen LogP contribution in [0.15, 0.2) is 24.3 Å². The molecule has 2 rings (SSSR count). The number of nitrogens with zero attached hydrogens (tertiary/aromatic N) is 1. The molecule has 5 nitrogen and oxygen atoms in total. The fourth-order valence-electron chi connectivity index (χ4n) is 2.77. The molecule has 1 atom stereocenters. The van der Waals surface area contributed by atoms with E-state index < -0.39 is 5.54 Å². The van der Waals surface area contributed by atoms with E-state index >= 15 is 0 Å². The van der Waals surface area contributed by atoms with E-state index in [1.165, 1.54) is 10.5 Å². The van der Waals surface area contributed by atoms with E-state index in [2.05, 4.69) is 12.2 Å². The van der Waals surface area contributed by atoms with Crippen molar-refractivity contribution >= 4 is 11.9 Å². The lowest BCUT2D eigenvalue weighted by atomic mass is 9.91. The minimum atomic E-state index is -1.00. The zero-order chi connectivity index (χ0) is 17.0. The second kappa shape index (κ2) is 7.13. The normalized spacial score (nSPS) is 21.2. The summed E-state index contributed by atoms with van der Waals surface area (Å²) in [5, 5.41) is 2.82. The van der Waals surface area contributed by atoms with Crippen LogP contribution in [0, 0.1) is 0 Å². The third-order valence-electron chi connectivity index (χ3n) is 4.11. The Morgan fingerprint density at radius 3 is 2.43 bits per heavy atom. The molecular weight excluding hydrogens is 292 g/mol. The molecule has 0 bridgehead atoms. The molecule has 1 aromatic rings. The van der Waals surface area contributed by atoms with Crippen molar-refractivity contribution in [2.24, 2.45) is 0 Å². The summed E-state index contributed by atoms with van der Waals surface area (Å²) < 4.78 is 5.44. The number of hydrogen-bond donors (Lipinski definition) is 1. The van der Waals surface area contributed by atoms with E-state index in [1.807, 2.05) is 38.1 Å². The van der Waals surface area contributed by atoms with Crippen LogP contribution in [0.2, 0.25) is 0 Å². The van der Waals surface area contributed by atoms with Crippen LogP contribution in [0.3, 0.4) is 0 Å². The minimum absolute atomic E-state index is 0.0771. The Hall–Kier alpha value is -1.88. The van der Waals surface area contributed by atoms with E-state index in [9.17, 15) is 9.59 Å². The largest absolute Gasteiger partial charge is 0.377 e. The average Bonchev–Trinajstić information content (AvgIpc) is 2.72. The number of urea groups is 1. The van der Waals surface area contributed by atoms with E-state index in [-0.39, 0.29) is 24.6 Å². The van der Waals surface area contributed by atoms with E-state index in [0.717, 1.165) is 18.4 Å². The van der Waals surface area contributed by atoms with Gasteiger partial charge in [-0.3, -0.25) is 9.69 Å². The molecule has 1 N–H and O–H groups in total. The van der Waals surface area contributed by atoms with Gasteiger partial charge in [0.2, 0.25) is 0 Å². The number of imide groups is 1. The van der Waals surface area contributed by atoms with Gasteiger partial charge in [-0.2, -0.15) is 0 Å². The summed E-state index contributed by atoms with van der Waals surface area (Å²) in [6.07, 6.45) is 2.17. The van der Waals surface area contributed by atoms with Gasteiger partial charge in [0.05, 0.1) is 19.3 Å². The van der Waals surface area contributed by atoms with Gasteiger partial charge >= 0.3 is 6.03 Å². The minimum Gasteiger partial charge on any atom is -0.377 e. The summed E-state index contributed by atoms with van der Waals surface area (Å²) in [6.45, 7) is 8.36. The SMILES string of the molecule is CCCc1ccc(C2(C)NC(=O)N(CCOC(C)C)C2=O)cc1. The quantitative estimate of drug-likeness (QED) is 0.787. The molecule has 1 heterocycles. The Bertz CT molecular complexity index is 568. The molecule has 1 fully saturated rings. The second-order valence-electron chi connectivity index (χ2n) is 6.38. The molecule has 0 aliphatic carbocycles. The highest BCUT2D eigenvalue weighted by atomic mass is 16.5. The first kappa shape index (κ1) is 17.5. The molecule has 1 aromatic carbocycles. The molecule has 0 saturated carbocycles. The lowest BCUT2D eigenvalue weighted by Gasteiger charge is -2.22. The predicted molar refractivity (Wildman–Crippen MR) is 89.1 cm³/mol. The molecule has 5 heteroatoms. The highest BCUT2D eigenvalue weighted by molar-refractivity contribution is 6.07. The van der Waals surface area contributed by atoms with Crippen LogP contribution in [0.25, 0.3) is 0 Å². The third kappa shape index (κ3) is 3.72. The van der Waals surface area contributed by atoms with E-state index in [1.54, 1.807) is 6.92 Å². The van der Waals surface area contributed by atoms with Crippen LogP contribution in [0.4, 0.5) is 4.79 Å². The summed E-state index contributed by atoms with van der Waals surface area (Å²) in [4.78, 5) is 26.1. The topological polar surface area (TPSA) is 58.6 Å². The Morgan fingerprint density at radius 2 is 1.87 bits per heavy atom. The van der Waals surface area contributed by atoms with Crippen molar-refractivity contribution in [1.82, 2.24) is 10.2 Å². The van der Waals surface area contributed by atoms with Gasteiger partial charge in [-0.15, -0.1) is 0 Å². The Labute approximate surface area is 138 Å². The molecule has 23 heavy (non-hydrogen) atoms. The number of nitrogens with one attached hydrogen (secondary N) is 1. The number of carbonyl (C=O) groups excluding carboxylic acids is 2. The summed E-state index contributed by atoms with van der Waals surface area (Å²) >= 11 is 0. The van der Waals surface area contributed by atoms with Gasteiger partial charge in [0.1, 0.15) is 5.54 Å². The molecule has 3 amide bonds. The van der Waals surface area contributed by atoms with Crippen molar-refractivity contribution in [3.63, 3.8) is 0 Å². The Kier molecular flexibility index (Phi) is 5.42. The number of benzene rings is 1. The number of carbonyl (C=O) groups is 2. The summed E-state index contributed by atoms with van der Waals surface area (Å²) in [5.74, 6) is -0.224. The molecule has 1 aliphatic heterocycles. The number of rotatable bonds is 7. The van der Waals surface area contributed by atoms with Gasteiger partial charge in [-0.1, -0.05) is 37.6 Å². The van der Waals surface area contributed by atoms with Crippen molar-refractivity contribution in [3.05, 3.63) is 35.4 Å². The van der Waals surface area contributed by atoms with Crippen molar-refractivity contribution in [2.75, 3.05) is 13.2 Å². The first-order valence-electron chi connectivity index (χ1n) is 8.23. The fourth-order valence-corrected chi connectivity index (χ4v) is 2.77. The van der Waals surface area contributed by atoms with E-state index in [0.29, 0.717) is 6.61 Å². The lowest BCUT2D eigenvalue weighted by molar-refractivity contribution is -0.131. The van der Waals surface area contributed by atoms with Crippen molar-refractivity contribution < 1.29 is 14.3 Å². The molecular formula is C18H26N2O3. The second-order valence-corrected chi connectivity index (χ2v) is 6.38. The number of aryl methyl sites for hydroxylation is 1. The van der Waals surface area contributed by atoms with Gasteiger partial charge in [-0.05, 0) is 38.3 Å². The monoisotopic (exact) mass is 318 g/mol. The average molecular weight is 318 g/mol. The van der Waals surface area contributed by atoms with Gasteiger partial charge in [0.15, 0.2) is 0 Å². The highest BCUT2D eigenvalue weighted by Gasteiger charge is 2.48. The smallest absolute Gasteiger partial charge is 0.325 e. The van der Waals surface area contributed by atoms with Crippen molar-refractivity contribution in [2.45, 2.75) is 52.2 Å². The summed E-state index contributed by atoms with van der Waals surface area (Å²) in [6, 6.07) is 7.54. The summed E-state index contributed by atoms with van der Waals surface area (Å²) in [7, 11) is 0.